The molecule has 0 radical (unpaired) electrons. The molecule has 4 bridgehead atoms. The third kappa shape index (κ3) is 2.85. The summed E-state index contributed by atoms with van der Waals surface area (Å²) in [6, 6.07) is 2.35. The third-order valence-corrected chi connectivity index (χ3v) is 7.86. The molecule has 1 aromatic heterocycles. The molecule has 1 N–H and O–H groups in total. The number of amides is 1. The molecule has 27 heavy (non-hydrogen) atoms. The van der Waals surface area contributed by atoms with Crippen LogP contribution in [0.1, 0.15) is 50.8 Å². The van der Waals surface area contributed by atoms with Gasteiger partial charge in [-0.15, -0.1) is 0 Å². The van der Waals surface area contributed by atoms with Crippen LogP contribution in [0.25, 0.3) is 0 Å². The second-order valence-electron chi connectivity index (χ2n) is 9.07. The van der Waals surface area contributed by atoms with Crippen molar-refractivity contribution in [3.8, 4) is 6.07 Å². The first-order valence-corrected chi connectivity index (χ1v) is 10.4. The van der Waals surface area contributed by atoms with Gasteiger partial charge in [0.25, 0.3) is 0 Å². The molecule has 5 fully saturated rings. The minimum atomic E-state index is 0.123. The Hall–Kier alpha value is -1.94. The van der Waals surface area contributed by atoms with E-state index < -0.39 is 0 Å². The van der Waals surface area contributed by atoms with Gasteiger partial charge in [-0.1, -0.05) is 5.16 Å². The number of hydrogen-bond donors (Lipinski definition) is 1. The van der Waals surface area contributed by atoms with Crippen LogP contribution >= 0.6 is 0 Å². The summed E-state index contributed by atoms with van der Waals surface area (Å²) in [7, 11) is 0. The fraction of sp³-hybridized carbons (Fsp3) is 0.800. The topological polar surface area (TPSA) is 95.1 Å². The monoisotopic (exact) mass is 369 g/mol. The number of aromatic nitrogens is 2. The molecule has 1 aromatic rings. The minimum Gasteiger partial charge on any atom is -0.343 e. The van der Waals surface area contributed by atoms with E-state index in [9.17, 15) is 4.79 Å². The van der Waals surface area contributed by atoms with E-state index in [-0.39, 0.29) is 17.5 Å². The summed E-state index contributed by atoms with van der Waals surface area (Å²) in [5, 5.41) is 16.7. The normalized spacial score (nSPS) is 39.2. The molecule has 2 unspecified atom stereocenters. The van der Waals surface area contributed by atoms with Crippen LogP contribution in [-0.4, -0.2) is 45.6 Å². The van der Waals surface area contributed by atoms with E-state index in [0.29, 0.717) is 36.6 Å². The molecular weight excluding hydrogens is 342 g/mol. The molecular formula is C20H27N5O2. The van der Waals surface area contributed by atoms with Gasteiger partial charge in [-0.05, 0) is 62.2 Å². The summed E-state index contributed by atoms with van der Waals surface area (Å²) in [4.78, 5) is 18.9. The number of rotatable bonds is 6. The zero-order valence-electron chi connectivity index (χ0n) is 15.6. The Kier molecular flexibility index (Phi) is 4.19. The van der Waals surface area contributed by atoms with E-state index >= 15 is 0 Å². The van der Waals surface area contributed by atoms with Crippen LogP contribution in [0.4, 0.5) is 0 Å². The van der Waals surface area contributed by atoms with Gasteiger partial charge in [-0.2, -0.15) is 10.2 Å². The molecule has 144 valence electrons. The lowest BCUT2D eigenvalue weighted by Crippen LogP contribution is -2.52. The fourth-order valence-corrected chi connectivity index (χ4v) is 6.78. The Morgan fingerprint density at radius 1 is 1.41 bits per heavy atom. The average Bonchev–Trinajstić information content (AvgIpc) is 3.40. The second kappa shape index (κ2) is 6.59. The van der Waals surface area contributed by atoms with E-state index in [0.717, 1.165) is 31.6 Å². The molecule has 5 aliphatic rings. The lowest BCUT2D eigenvalue weighted by Gasteiger charge is -2.39. The predicted octanol–water partition coefficient (Wildman–Crippen LogP) is 1.91. The highest BCUT2D eigenvalue weighted by Gasteiger charge is 2.61. The smallest absolute Gasteiger partial charge is 0.236 e. The summed E-state index contributed by atoms with van der Waals surface area (Å²) < 4.78 is 4.91. The summed E-state index contributed by atoms with van der Waals surface area (Å²) in [6.07, 6.45) is 9.67. The molecule has 1 saturated heterocycles. The van der Waals surface area contributed by atoms with E-state index in [1.807, 2.05) is 4.90 Å². The Morgan fingerprint density at radius 2 is 2.22 bits per heavy atom. The van der Waals surface area contributed by atoms with Crippen molar-refractivity contribution >= 4 is 5.91 Å². The molecule has 1 amide bonds. The molecule has 3 atom stereocenters. The Bertz CT molecular complexity index is 726. The zero-order valence-corrected chi connectivity index (χ0v) is 15.6. The number of nitriles is 1. The van der Waals surface area contributed by atoms with Gasteiger partial charge in [0.2, 0.25) is 12.3 Å². The second-order valence-corrected chi connectivity index (χ2v) is 9.07. The van der Waals surface area contributed by atoms with Crippen LogP contribution in [0.2, 0.25) is 0 Å². The van der Waals surface area contributed by atoms with Crippen LogP contribution in [0.5, 0.6) is 0 Å². The maximum atomic E-state index is 12.8. The van der Waals surface area contributed by atoms with Gasteiger partial charge < -0.3 is 14.7 Å². The molecule has 6 rings (SSSR count). The Balaban J connectivity index is 1.21. The van der Waals surface area contributed by atoms with Crippen molar-refractivity contribution < 1.29 is 9.32 Å². The number of carbonyl (C=O) groups excluding carboxylic acids is 1. The fourth-order valence-electron chi connectivity index (χ4n) is 6.78. The predicted molar refractivity (Wildman–Crippen MR) is 96.1 cm³/mol. The summed E-state index contributed by atoms with van der Waals surface area (Å²) in [5.41, 5.74) is 0.156. The van der Waals surface area contributed by atoms with E-state index in [2.05, 4.69) is 21.5 Å². The van der Waals surface area contributed by atoms with Crippen LogP contribution in [0.15, 0.2) is 10.9 Å². The highest BCUT2D eigenvalue weighted by Crippen LogP contribution is 2.63. The molecule has 4 aliphatic carbocycles. The Morgan fingerprint density at radius 3 is 2.93 bits per heavy atom. The van der Waals surface area contributed by atoms with Gasteiger partial charge in [0.15, 0.2) is 5.82 Å². The van der Waals surface area contributed by atoms with Crippen LogP contribution in [0, 0.1) is 35.0 Å². The number of carbonyl (C=O) groups is 1. The van der Waals surface area contributed by atoms with Crippen molar-refractivity contribution in [2.24, 2.45) is 23.7 Å². The maximum Gasteiger partial charge on any atom is 0.236 e. The molecule has 7 heteroatoms. The van der Waals surface area contributed by atoms with Crippen molar-refractivity contribution in [3.63, 3.8) is 0 Å². The highest BCUT2D eigenvalue weighted by molar-refractivity contribution is 5.79. The van der Waals surface area contributed by atoms with Crippen molar-refractivity contribution in [1.82, 2.24) is 20.4 Å². The molecule has 7 nitrogen and oxygen atoms in total. The molecule has 1 aliphatic heterocycles. The average molecular weight is 369 g/mol. The quantitative estimate of drug-likeness (QED) is 0.823. The number of nitrogens with zero attached hydrogens (tertiary/aromatic N) is 4. The van der Waals surface area contributed by atoms with Crippen LogP contribution in [0.3, 0.4) is 0 Å². The van der Waals surface area contributed by atoms with Crippen LogP contribution in [-0.2, 0) is 11.2 Å². The third-order valence-electron chi connectivity index (χ3n) is 7.86. The first-order valence-electron chi connectivity index (χ1n) is 10.4. The van der Waals surface area contributed by atoms with E-state index in [1.54, 1.807) is 0 Å². The van der Waals surface area contributed by atoms with Gasteiger partial charge in [-0.3, -0.25) is 4.79 Å². The standard InChI is InChI=1S/C20H27N5O2/c21-4-3-16-2-1-5-25(16)19(26)11-23-20-9-13-6-15(20)7-14(10-20)17(13)8-18-22-12-27-24-18/h12-17,23H,1-3,5-11H2/t13?,14?,15?,16-,17?,20?/m0/s1. The first kappa shape index (κ1) is 17.2. The molecule has 0 aromatic carbocycles. The van der Waals surface area contributed by atoms with Crippen molar-refractivity contribution in [3.05, 3.63) is 12.2 Å². The van der Waals surface area contributed by atoms with E-state index in [4.69, 9.17) is 9.78 Å². The number of hydrogen-bond acceptors (Lipinski definition) is 6. The van der Waals surface area contributed by atoms with Gasteiger partial charge >= 0.3 is 0 Å². The van der Waals surface area contributed by atoms with Gasteiger partial charge in [-0.25, -0.2) is 0 Å². The van der Waals surface area contributed by atoms with Crippen molar-refractivity contribution in [2.45, 2.75) is 62.9 Å². The minimum absolute atomic E-state index is 0.123. The van der Waals surface area contributed by atoms with Gasteiger partial charge in [0.05, 0.1) is 19.0 Å². The van der Waals surface area contributed by atoms with E-state index in [1.165, 1.54) is 32.1 Å². The largest absolute Gasteiger partial charge is 0.343 e. The SMILES string of the molecule is N#CC[C@@H]1CCCN1C(=O)CNC12CC3CC1CC(C2)C3Cc1ncon1. The highest BCUT2D eigenvalue weighted by atomic mass is 16.5. The first-order chi connectivity index (χ1) is 13.2. The summed E-state index contributed by atoms with van der Waals surface area (Å²) >= 11 is 0. The maximum absolute atomic E-state index is 12.8. The number of likely N-dealkylation sites (tertiary alicyclic amines) is 1. The molecule has 2 heterocycles. The van der Waals surface area contributed by atoms with Crippen molar-refractivity contribution in [2.75, 3.05) is 13.1 Å². The van der Waals surface area contributed by atoms with Crippen LogP contribution < -0.4 is 5.32 Å². The lowest BCUT2D eigenvalue weighted by atomic mass is 9.69. The Labute approximate surface area is 159 Å². The molecule has 4 saturated carbocycles. The van der Waals surface area contributed by atoms with Gasteiger partial charge in [0, 0.05) is 24.5 Å². The summed E-state index contributed by atoms with van der Waals surface area (Å²) in [5.74, 6) is 3.80. The lowest BCUT2D eigenvalue weighted by molar-refractivity contribution is -0.131. The molecule has 0 spiro atoms. The van der Waals surface area contributed by atoms with Gasteiger partial charge in [0.1, 0.15) is 0 Å². The number of nitrogens with one attached hydrogen (secondary N) is 1. The summed E-state index contributed by atoms with van der Waals surface area (Å²) in [6.45, 7) is 1.23. The zero-order chi connectivity index (χ0) is 18.4. The van der Waals surface area contributed by atoms with Crippen molar-refractivity contribution in [1.29, 1.82) is 5.26 Å².